The van der Waals surface area contributed by atoms with Crippen LogP contribution in [0.2, 0.25) is 0 Å². The van der Waals surface area contributed by atoms with Crippen molar-refractivity contribution >= 4 is 22.6 Å². The van der Waals surface area contributed by atoms with Gasteiger partial charge < -0.3 is 15.6 Å². The molecular formula is C23H23N5O. The van der Waals surface area contributed by atoms with Gasteiger partial charge in [0, 0.05) is 30.2 Å². The largest absolute Gasteiger partial charge is 0.365 e. The average Bonchev–Trinajstić information content (AvgIpc) is 3.17. The molecule has 29 heavy (non-hydrogen) atoms. The first-order valence-corrected chi connectivity index (χ1v) is 9.64. The molecule has 0 fully saturated rings. The first-order valence-electron chi connectivity index (χ1n) is 9.64. The van der Waals surface area contributed by atoms with Gasteiger partial charge in [0.05, 0.1) is 12.4 Å². The number of aromatic amines is 1. The van der Waals surface area contributed by atoms with Crippen LogP contribution in [0.25, 0.3) is 10.9 Å². The zero-order valence-corrected chi connectivity index (χ0v) is 16.3. The summed E-state index contributed by atoms with van der Waals surface area (Å²) in [5.41, 5.74) is 4.99. The van der Waals surface area contributed by atoms with E-state index in [-0.39, 0.29) is 5.91 Å². The highest BCUT2D eigenvalue weighted by Gasteiger charge is 2.09. The Bertz CT molecular complexity index is 1100. The third-order valence-corrected chi connectivity index (χ3v) is 4.83. The molecule has 0 aliphatic rings. The van der Waals surface area contributed by atoms with Crippen LogP contribution in [0.1, 0.15) is 27.2 Å². The van der Waals surface area contributed by atoms with Crippen LogP contribution in [-0.2, 0) is 13.0 Å². The van der Waals surface area contributed by atoms with E-state index in [1.54, 1.807) is 6.20 Å². The molecule has 6 heteroatoms. The predicted octanol–water partition coefficient (Wildman–Crippen LogP) is 3.85. The fraction of sp³-hybridized carbons (Fsp3) is 0.174. The number of H-pyrrole nitrogens is 1. The highest BCUT2D eigenvalue weighted by atomic mass is 16.1. The summed E-state index contributed by atoms with van der Waals surface area (Å²) in [6, 6.07) is 16.4. The van der Waals surface area contributed by atoms with Crippen molar-refractivity contribution in [3.63, 3.8) is 0 Å². The van der Waals surface area contributed by atoms with E-state index in [0.29, 0.717) is 24.6 Å². The highest BCUT2D eigenvalue weighted by Crippen LogP contribution is 2.17. The average molecular weight is 385 g/mol. The first kappa shape index (κ1) is 18.7. The van der Waals surface area contributed by atoms with Crippen LogP contribution in [0.5, 0.6) is 0 Å². The number of aryl methyl sites for hydroxylation is 1. The van der Waals surface area contributed by atoms with Gasteiger partial charge in [-0.05, 0) is 30.5 Å². The van der Waals surface area contributed by atoms with Gasteiger partial charge in [0.25, 0.3) is 5.91 Å². The van der Waals surface area contributed by atoms with Crippen molar-refractivity contribution < 1.29 is 4.79 Å². The molecule has 0 aliphatic heterocycles. The molecule has 0 saturated carbocycles. The monoisotopic (exact) mass is 385 g/mol. The fourth-order valence-corrected chi connectivity index (χ4v) is 3.17. The number of aromatic nitrogens is 3. The van der Waals surface area contributed by atoms with E-state index >= 15 is 0 Å². The van der Waals surface area contributed by atoms with E-state index < -0.39 is 0 Å². The Morgan fingerprint density at radius 1 is 1.03 bits per heavy atom. The van der Waals surface area contributed by atoms with Crippen LogP contribution in [-0.4, -0.2) is 27.4 Å². The second-order valence-electron chi connectivity index (χ2n) is 6.99. The number of hydrogen-bond acceptors (Lipinski definition) is 4. The van der Waals surface area contributed by atoms with Crippen LogP contribution in [0.4, 0.5) is 5.82 Å². The van der Waals surface area contributed by atoms with Crippen molar-refractivity contribution in [2.75, 3.05) is 11.9 Å². The summed E-state index contributed by atoms with van der Waals surface area (Å²) in [5, 5.41) is 7.31. The lowest BCUT2D eigenvalue weighted by atomic mass is 10.1. The van der Waals surface area contributed by atoms with Crippen molar-refractivity contribution in [3.05, 3.63) is 89.5 Å². The van der Waals surface area contributed by atoms with Crippen LogP contribution in [0.15, 0.2) is 67.1 Å². The van der Waals surface area contributed by atoms with E-state index in [1.165, 1.54) is 22.7 Å². The van der Waals surface area contributed by atoms with E-state index in [0.717, 1.165) is 17.5 Å². The summed E-state index contributed by atoms with van der Waals surface area (Å²) in [5.74, 6) is 0.420. The van der Waals surface area contributed by atoms with Gasteiger partial charge in [0.2, 0.25) is 0 Å². The lowest BCUT2D eigenvalue weighted by molar-refractivity contribution is 0.0949. The molecule has 1 amide bonds. The molecule has 4 rings (SSSR count). The highest BCUT2D eigenvalue weighted by molar-refractivity contribution is 5.92. The van der Waals surface area contributed by atoms with E-state index in [1.807, 2.05) is 24.4 Å². The van der Waals surface area contributed by atoms with Crippen molar-refractivity contribution in [1.82, 2.24) is 20.3 Å². The van der Waals surface area contributed by atoms with Crippen molar-refractivity contribution in [2.45, 2.75) is 19.9 Å². The summed E-state index contributed by atoms with van der Waals surface area (Å²) in [6.07, 6.45) is 5.83. The van der Waals surface area contributed by atoms with Gasteiger partial charge >= 0.3 is 0 Å². The Morgan fingerprint density at radius 3 is 2.66 bits per heavy atom. The molecule has 0 spiro atoms. The van der Waals surface area contributed by atoms with Crippen LogP contribution < -0.4 is 10.6 Å². The lowest BCUT2D eigenvalue weighted by Crippen LogP contribution is -2.26. The summed E-state index contributed by atoms with van der Waals surface area (Å²) in [7, 11) is 0. The molecule has 0 atom stereocenters. The maximum absolute atomic E-state index is 12.3. The van der Waals surface area contributed by atoms with E-state index in [9.17, 15) is 4.79 Å². The van der Waals surface area contributed by atoms with Crippen LogP contribution >= 0.6 is 0 Å². The van der Waals surface area contributed by atoms with Gasteiger partial charge in [-0.15, -0.1) is 0 Å². The molecule has 0 saturated heterocycles. The number of nitrogens with zero attached hydrogens (tertiary/aromatic N) is 2. The van der Waals surface area contributed by atoms with Crippen molar-refractivity contribution in [1.29, 1.82) is 0 Å². The maximum Gasteiger partial charge on any atom is 0.271 e. The number of nitrogens with one attached hydrogen (secondary N) is 3. The molecule has 4 aromatic rings. The molecule has 0 aliphatic carbocycles. The Hall–Kier alpha value is -3.67. The number of anilines is 1. The zero-order chi connectivity index (χ0) is 20.1. The SMILES string of the molecule is Cc1ccc(CNc2cnc(C(=O)NCCc3c[nH]c4ccccc34)cn2)cc1. The lowest BCUT2D eigenvalue weighted by Gasteiger charge is -2.07. The number of para-hydroxylation sites is 1. The minimum absolute atomic E-state index is 0.220. The van der Waals surface area contributed by atoms with Gasteiger partial charge in [-0.2, -0.15) is 0 Å². The molecule has 0 radical (unpaired) electrons. The number of rotatable bonds is 7. The maximum atomic E-state index is 12.3. The first-order chi connectivity index (χ1) is 14.2. The number of hydrogen-bond donors (Lipinski definition) is 3. The third-order valence-electron chi connectivity index (χ3n) is 4.83. The van der Waals surface area contributed by atoms with Gasteiger partial charge in [-0.3, -0.25) is 4.79 Å². The summed E-state index contributed by atoms with van der Waals surface area (Å²) >= 11 is 0. The second kappa shape index (κ2) is 8.56. The minimum atomic E-state index is -0.220. The topological polar surface area (TPSA) is 82.7 Å². The molecule has 2 aromatic heterocycles. The minimum Gasteiger partial charge on any atom is -0.365 e. The van der Waals surface area contributed by atoms with Crippen molar-refractivity contribution in [3.8, 4) is 0 Å². The molecule has 2 aromatic carbocycles. The Kier molecular flexibility index (Phi) is 5.52. The zero-order valence-electron chi connectivity index (χ0n) is 16.3. The predicted molar refractivity (Wildman–Crippen MR) is 115 cm³/mol. The van der Waals surface area contributed by atoms with Gasteiger partial charge in [0.15, 0.2) is 0 Å². The van der Waals surface area contributed by atoms with Crippen LogP contribution in [0.3, 0.4) is 0 Å². The van der Waals surface area contributed by atoms with Gasteiger partial charge in [0.1, 0.15) is 11.5 Å². The second-order valence-corrected chi connectivity index (χ2v) is 6.99. The summed E-state index contributed by atoms with van der Waals surface area (Å²) in [6.45, 7) is 3.26. The Balaban J connectivity index is 1.28. The molecule has 6 nitrogen and oxygen atoms in total. The molecule has 0 unspecified atom stereocenters. The molecular weight excluding hydrogens is 362 g/mol. The normalized spacial score (nSPS) is 10.8. The third kappa shape index (κ3) is 4.60. The number of benzene rings is 2. The molecule has 146 valence electrons. The summed E-state index contributed by atoms with van der Waals surface area (Å²) in [4.78, 5) is 24.1. The molecule has 0 bridgehead atoms. The quantitative estimate of drug-likeness (QED) is 0.451. The van der Waals surface area contributed by atoms with Gasteiger partial charge in [-0.25, -0.2) is 9.97 Å². The fourth-order valence-electron chi connectivity index (χ4n) is 3.17. The smallest absolute Gasteiger partial charge is 0.271 e. The number of amides is 1. The number of carbonyl (C=O) groups excluding carboxylic acids is 1. The standard InChI is InChI=1S/C23H23N5O/c1-16-6-8-17(9-7-16)12-27-22-15-26-21(14-28-22)23(29)24-11-10-18-13-25-20-5-3-2-4-19(18)20/h2-9,13-15,25H,10-12H2,1H3,(H,24,29)(H,27,28). The molecule has 2 heterocycles. The number of fused-ring (bicyclic) bond motifs is 1. The Morgan fingerprint density at radius 2 is 1.86 bits per heavy atom. The summed E-state index contributed by atoms with van der Waals surface area (Å²) < 4.78 is 0. The Labute approximate surface area is 169 Å². The molecule has 3 N–H and O–H groups in total. The van der Waals surface area contributed by atoms with E-state index in [2.05, 4.69) is 62.8 Å². The number of carbonyl (C=O) groups is 1. The van der Waals surface area contributed by atoms with Gasteiger partial charge in [-0.1, -0.05) is 48.0 Å². The van der Waals surface area contributed by atoms with E-state index in [4.69, 9.17) is 0 Å². The van der Waals surface area contributed by atoms with Crippen LogP contribution in [0, 0.1) is 6.92 Å². The van der Waals surface area contributed by atoms with Crippen molar-refractivity contribution in [2.24, 2.45) is 0 Å².